The van der Waals surface area contributed by atoms with Crippen LogP contribution in [0.3, 0.4) is 0 Å². The summed E-state index contributed by atoms with van der Waals surface area (Å²) in [6, 6.07) is 4.07. The van der Waals surface area contributed by atoms with Gasteiger partial charge in [0.25, 0.3) is 0 Å². The number of hydrogen-bond donors (Lipinski definition) is 1. The zero-order valence-corrected chi connectivity index (χ0v) is 11.1. The van der Waals surface area contributed by atoms with Gasteiger partial charge in [-0.15, -0.1) is 0 Å². The Kier molecular flexibility index (Phi) is 3.58. The van der Waals surface area contributed by atoms with Crippen LogP contribution in [0.4, 0.5) is 4.39 Å². The fraction of sp³-hybridized carbons (Fsp3) is 0.167. The molecule has 0 amide bonds. The molecule has 8 heteroatoms. The van der Waals surface area contributed by atoms with Crippen LogP contribution in [-0.2, 0) is 15.6 Å². The number of carbonyl (C=O) groups is 1. The lowest BCUT2D eigenvalue weighted by Gasteiger charge is -2.04. The van der Waals surface area contributed by atoms with Crippen LogP contribution in [0.5, 0.6) is 0 Å². The summed E-state index contributed by atoms with van der Waals surface area (Å²) in [6.45, 7) is 1.64. The number of carboxylic acid groups (broad SMARTS) is 1. The summed E-state index contributed by atoms with van der Waals surface area (Å²) in [5.41, 5.74) is -0.166. The second-order valence-electron chi connectivity index (χ2n) is 4.14. The van der Waals surface area contributed by atoms with Crippen LogP contribution in [0.2, 0.25) is 0 Å². The maximum absolute atomic E-state index is 13.2. The Morgan fingerprint density at radius 1 is 1.40 bits per heavy atom. The molecule has 1 aromatic carbocycles. The minimum Gasteiger partial charge on any atom is -0.478 e. The molecule has 0 saturated carbocycles. The zero-order valence-electron chi connectivity index (χ0n) is 10.3. The number of aryl methyl sites for hydroxylation is 1. The van der Waals surface area contributed by atoms with E-state index < -0.39 is 32.9 Å². The molecule has 1 aromatic heterocycles. The van der Waals surface area contributed by atoms with E-state index in [0.29, 0.717) is 5.69 Å². The van der Waals surface area contributed by atoms with Gasteiger partial charge in [-0.05, 0) is 25.1 Å². The molecule has 106 valence electrons. The van der Waals surface area contributed by atoms with Crippen molar-refractivity contribution in [2.45, 2.75) is 17.6 Å². The third kappa shape index (κ3) is 2.85. The highest BCUT2D eigenvalue weighted by Crippen LogP contribution is 2.20. The van der Waals surface area contributed by atoms with Gasteiger partial charge >= 0.3 is 5.97 Å². The number of nitrogens with zero attached hydrogens (tertiary/aromatic N) is 1. The molecular formula is C12H10FNO5S. The smallest absolute Gasteiger partial charge is 0.338 e. The van der Waals surface area contributed by atoms with E-state index in [0.717, 1.165) is 18.2 Å². The van der Waals surface area contributed by atoms with E-state index in [1.807, 2.05) is 0 Å². The molecule has 2 rings (SSSR count). The lowest BCUT2D eigenvalue weighted by molar-refractivity contribution is 0.0691. The standard InChI is InChI=1S/C12H10FNO5S/c1-7-4-8(19-14-7)6-20(17,18)9-2-3-11(13)10(5-9)12(15)16/h2-5H,6H2,1H3,(H,15,16). The lowest BCUT2D eigenvalue weighted by Crippen LogP contribution is -2.08. The average Bonchev–Trinajstić information content (AvgIpc) is 2.73. The number of sulfone groups is 1. The largest absolute Gasteiger partial charge is 0.478 e. The van der Waals surface area contributed by atoms with Gasteiger partial charge in [-0.25, -0.2) is 17.6 Å². The fourth-order valence-electron chi connectivity index (χ4n) is 1.62. The number of halogens is 1. The summed E-state index contributed by atoms with van der Waals surface area (Å²) in [7, 11) is -3.84. The quantitative estimate of drug-likeness (QED) is 0.864. The van der Waals surface area contributed by atoms with Crippen LogP contribution in [0.25, 0.3) is 0 Å². The minimum atomic E-state index is -3.84. The van der Waals surface area contributed by atoms with E-state index in [-0.39, 0.29) is 10.7 Å². The van der Waals surface area contributed by atoms with Crippen molar-refractivity contribution in [3.8, 4) is 0 Å². The summed E-state index contributed by atoms with van der Waals surface area (Å²) < 4.78 is 42.2. The molecule has 0 saturated heterocycles. The molecule has 0 atom stereocenters. The molecule has 0 fully saturated rings. The Morgan fingerprint density at radius 2 is 2.10 bits per heavy atom. The molecule has 0 aliphatic heterocycles. The molecule has 1 heterocycles. The lowest BCUT2D eigenvalue weighted by atomic mass is 10.2. The van der Waals surface area contributed by atoms with Crippen molar-refractivity contribution in [3.63, 3.8) is 0 Å². The summed E-state index contributed by atoms with van der Waals surface area (Å²) in [5.74, 6) is -2.87. The highest BCUT2D eigenvalue weighted by Gasteiger charge is 2.21. The number of aromatic carboxylic acids is 1. The topological polar surface area (TPSA) is 97.5 Å². The molecule has 20 heavy (non-hydrogen) atoms. The molecule has 0 aliphatic rings. The van der Waals surface area contributed by atoms with Gasteiger partial charge in [0.05, 0.1) is 16.2 Å². The number of aromatic nitrogens is 1. The van der Waals surface area contributed by atoms with E-state index >= 15 is 0 Å². The number of benzene rings is 1. The number of rotatable bonds is 4. The molecule has 2 aromatic rings. The van der Waals surface area contributed by atoms with E-state index in [1.54, 1.807) is 6.92 Å². The Bertz CT molecular complexity index is 766. The van der Waals surface area contributed by atoms with Gasteiger partial charge in [0, 0.05) is 6.07 Å². The minimum absolute atomic E-state index is 0.128. The van der Waals surface area contributed by atoms with Crippen molar-refractivity contribution in [2.24, 2.45) is 0 Å². The Hall–Kier alpha value is -2.22. The molecule has 0 bridgehead atoms. The summed E-state index contributed by atoms with van der Waals surface area (Å²) in [6.07, 6.45) is 0. The molecule has 0 unspecified atom stereocenters. The predicted octanol–water partition coefficient (Wildman–Crippen LogP) is 1.79. The highest BCUT2D eigenvalue weighted by molar-refractivity contribution is 7.90. The summed E-state index contributed by atoms with van der Waals surface area (Å²) >= 11 is 0. The van der Waals surface area contributed by atoms with E-state index in [1.165, 1.54) is 6.07 Å². The molecule has 0 spiro atoms. The SMILES string of the molecule is Cc1cc(CS(=O)(=O)c2ccc(F)c(C(=O)O)c2)on1. The van der Waals surface area contributed by atoms with Crippen LogP contribution < -0.4 is 0 Å². The Labute approximate surface area is 113 Å². The van der Waals surface area contributed by atoms with Gasteiger partial charge in [-0.1, -0.05) is 5.16 Å². The number of hydrogen-bond acceptors (Lipinski definition) is 5. The first-order valence-corrected chi connectivity index (χ1v) is 7.12. The van der Waals surface area contributed by atoms with Gasteiger partial charge in [0.15, 0.2) is 15.6 Å². The highest BCUT2D eigenvalue weighted by atomic mass is 32.2. The van der Waals surface area contributed by atoms with Crippen LogP contribution in [0.1, 0.15) is 21.8 Å². The molecule has 6 nitrogen and oxygen atoms in total. The van der Waals surface area contributed by atoms with Gasteiger partial charge in [0.1, 0.15) is 11.6 Å². The monoisotopic (exact) mass is 299 g/mol. The average molecular weight is 299 g/mol. The van der Waals surface area contributed by atoms with Crippen LogP contribution in [0, 0.1) is 12.7 Å². The van der Waals surface area contributed by atoms with E-state index in [9.17, 15) is 17.6 Å². The van der Waals surface area contributed by atoms with Crippen molar-refractivity contribution in [2.75, 3.05) is 0 Å². The van der Waals surface area contributed by atoms with Crippen LogP contribution >= 0.6 is 0 Å². The van der Waals surface area contributed by atoms with Crippen molar-refractivity contribution in [1.29, 1.82) is 0 Å². The second kappa shape index (κ2) is 5.04. The normalized spacial score (nSPS) is 11.5. The van der Waals surface area contributed by atoms with Crippen molar-refractivity contribution in [1.82, 2.24) is 5.16 Å². The molecule has 0 aliphatic carbocycles. The number of carboxylic acids is 1. The van der Waals surface area contributed by atoms with Gasteiger partial charge < -0.3 is 9.63 Å². The molecular weight excluding hydrogens is 289 g/mol. The predicted molar refractivity (Wildman–Crippen MR) is 65.5 cm³/mol. The van der Waals surface area contributed by atoms with Crippen LogP contribution in [0.15, 0.2) is 33.7 Å². The van der Waals surface area contributed by atoms with Gasteiger partial charge in [-0.3, -0.25) is 0 Å². The first kappa shape index (κ1) is 14.2. The fourth-order valence-corrected chi connectivity index (χ4v) is 2.87. The Morgan fingerprint density at radius 3 is 2.65 bits per heavy atom. The second-order valence-corrected chi connectivity index (χ2v) is 6.13. The van der Waals surface area contributed by atoms with Crippen molar-refractivity contribution in [3.05, 3.63) is 47.1 Å². The summed E-state index contributed by atoms with van der Waals surface area (Å²) in [4.78, 5) is 10.5. The van der Waals surface area contributed by atoms with Gasteiger partial charge in [0.2, 0.25) is 0 Å². The third-order valence-corrected chi connectivity index (χ3v) is 4.17. The van der Waals surface area contributed by atoms with E-state index in [2.05, 4.69) is 5.16 Å². The zero-order chi connectivity index (χ0) is 14.9. The molecule has 0 radical (unpaired) electrons. The first-order chi connectivity index (χ1) is 9.29. The first-order valence-electron chi connectivity index (χ1n) is 5.47. The maximum Gasteiger partial charge on any atom is 0.338 e. The van der Waals surface area contributed by atoms with Gasteiger partial charge in [-0.2, -0.15) is 0 Å². The van der Waals surface area contributed by atoms with Crippen molar-refractivity contribution >= 4 is 15.8 Å². The van der Waals surface area contributed by atoms with Crippen molar-refractivity contribution < 1.29 is 27.2 Å². The third-order valence-electron chi connectivity index (χ3n) is 2.54. The maximum atomic E-state index is 13.2. The van der Waals surface area contributed by atoms with E-state index in [4.69, 9.17) is 9.63 Å². The summed E-state index contributed by atoms with van der Waals surface area (Å²) in [5, 5.41) is 12.3. The Balaban J connectivity index is 2.39. The van der Waals surface area contributed by atoms with Crippen LogP contribution in [-0.4, -0.2) is 24.7 Å². The molecule has 1 N–H and O–H groups in total.